The second-order valence-electron chi connectivity index (χ2n) is 5.08. The van der Waals surface area contributed by atoms with Gasteiger partial charge in [0.1, 0.15) is 17.3 Å². The molecule has 0 radical (unpaired) electrons. The SMILES string of the molecule is Cl.NCCNS(=O)(=O)c1cc(Cl)ccc1OCC1CCCCO1. The first-order valence-electron chi connectivity index (χ1n) is 7.26. The van der Waals surface area contributed by atoms with Crippen molar-refractivity contribution in [2.75, 3.05) is 26.3 Å². The van der Waals surface area contributed by atoms with E-state index in [2.05, 4.69) is 4.72 Å². The van der Waals surface area contributed by atoms with Crippen LogP contribution in [0.2, 0.25) is 5.02 Å². The van der Waals surface area contributed by atoms with Crippen molar-refractivity contribution in [2.24, 2.45) is 5.73 Å². The van der Waals surface area contributed by atoms with E-state index in [4.69, 9.17) is 26.8 Å². The van der Waals surface area contributed by atoms with E-state index < -0.39 is 10.0 Å². The predicted octanol–water partition coefficient (Wildman–Crippen LogP) is 1.95. The fraction of sp³-hybridized carbons (Fsp3) is 0.571. The third kappa shape index (κ3) is 6.10. The van der Waals surface area contributed by atoms with Gasteiger partial charge in [0.05, 0.1) is 6.10 Å². The van der Waals surface area contributed by atoms with Gasteiger partial charge >= 0.3 is 0 Å². The molecule has 1 aromatic carbocycles. The van der Waals surface area contributed by atoms with Crippen molar-refractivity contribution in [2.45, 2.75) is 30.3 Å². The van der Waals surface area contributed by atoms with E-state index in [1.54, 1.807) is 12.1 Å². The number of benzene rings is 1. The molecule has 1 unspecified atom stereocenters. The van der Waals surface area contributed by atoms with E-state index in [0.717, 1.165) is 25.9 Å². The highest BCUT2D eigenvalue weighted by atomic mass is 35.5. The van der Waals surface area contributed by atoms with Crippen molar-refractivity contribution < 1.29 is 17.9 Å². The molecule has 1 heterocycles. The van der Waals surface area contributed by atoms with Gasteiger partial charge in [0.2, 0.25) is 10.0 Å². The Balaban J connectivity index is 0.00000264. The van der Waals surface area contributed by atoms with Crippen LogP contribution in [0.4, 0.5) is 0 Å². The summed E-state index contributed by atoms with van der Waals surface area (Å²) < 4.78 is 38.2. The Hall–Kier alpha value is -0.570. The molecule has 1 aromatic rings. The molecule has 0 saturated carbocycles. The molecular weight excluding hydrogens is 363 g/mol. The molecule has 0 aliphatic carbocycles. The molecule has 9 heteroatoms. The zero-order valence-corrected chi connectivity index (χ0v) is 15.1. The average molecular weight is 385 g/mol. The van der Waals surface area contributed by atoms with Gasteiger partial charge in [-0.15, -0.1) is 12.4 Å². The van der Waals surface area contributed by atoms with Crippen molar-refractivity contribution in [3.63, 3.8) is 0 Å². The highest BCUT2D eigenvalue weighted by molar-refractivity contribution is 7.89. The maximum absolute atomic E-state index is 12.3. The number of hydrogen-bond acceptors (Lipinski definition) is 5. The lowest BCUT2D eigenvalue weighted by Gasteiger charge is -2.23. The summed E-state index contributed by atoms with van der Waals surface area (Å²) in [5, 5.41) is 0.328. The Morgan fingerprint density at radius 2 is 2.17 bits per heavy atom. The Bertz CT molecular complexity index is 592. The van der Waals surface area contributed by atoms with Crippen LogP contribution in [0.1, 0.15) is 19.3 Å². The van der Waals surface area contributed by atoms with Crippen LogP contribution in [0.15, 0.2) is 23.1 Å². The molecule has 0 amide bonds. The van der Waals surface area contributed by atoms with E-state index in [9.17, 15) is 8.42 Å². The first kappa shape index (κ1) is 20.5. The van der Waals surface area contributed by atoms with Crippen LogP contribution in [0.25, 0.3) is 0 Å². The zero-order chi connectivity index (χ0) is 16.0. The highest BCUT2D eigenvalue weighted by Gasteiger charge is 2.21. The van der Waals surface area contributed by atoms with Crippen LogP contribution in [0, 0.1) is 0 Å². The summed E-state index contributed by atoms with van der Waals surface area (Å²) >= 11 is 5.91. The third-order valence-corrected chi connectivity index (χ3v) is 5.05. The maximum atomic E-state index is 12.3. The van der Waals surface area contributed by atoms with Crippen LogP contribution in [-0.2, 0) is 14.8 Å². The Kier molecular flexibility index (Phi) is 8.60. The lowest BCUT2D eigenvalue weighted by Crippen LogP contribution is -2.30. The second kappa shape index (κ2) is 9.66. The Morgan fingerprint density at radius 3 is 2.83 bits per heavy atom. The molecule has 6 nitrogen and oxygen atoms in total. The van der Waals surface area contributed by atoms with E-state index >= 15 is 0 Å². The monoisotopic (exact) mass is 384 g/mol. The predicted molar refractivity (Wildman–Crippen MR) is 92.0 cm³/mol. The topological polar surface area (TPSA) is 90.7 Å². The maximum Gasteiger partial charge on any atom is 0.244 e. The molecule has 23 heavy (non-hydrogen) atoms. The van der Waals surface area contributed by atoms with E-state index in [1.165, 1.54) is 6.07 Å². The normalized spacial score (nSPS) is 18.3. The van der Waals surface area contributed by atoms with Crippen molar-refractivity contribution in [3.8, 4) is 5.75 Å². The van der Waals surface area contributed by atoms with Crippen LogP contribution in [-0.4, -0.2) is 40.8 Å². The average Bonchev–Trinajstić information content (AvgIpc) is 2.53. The number of rotatable bonds is 7. The van der Waals surface area contributed by atoms with Gasteiger partial charge in [0, 0.05) is 24.7 Å². The van der Waals surface area contributed by atoms with Gasteiger partial charge < -0.3 is 15.2 Å². The minimum atomic E-state index is -3.71. The molecule has 1 aliphatic rings. The number of nitrogens with two attached hydrogens (primary N) is 1. The summed E-state index contributed by atoms with van der Waals surface area (Å²) in [5.41, 5.74) is 5.34. The standard InChI is InChI=1S/C14H21ClN2O4S.ClH/c15-11-4-5-13(21-10-12-3-1-2-8-20-12)14(9-11)22(18,19)17-7-6-16;/h4-5,9,12,17H,1-3,6-8,10,16H2;1H. The number of halogens is 2. The van der Waals surface area contributed by atoms with Crippen LogP contribution in [0.5, 0.6) is 5.75 Å². The molecular formula is C14H22Cl2N2O4S. The molecule has 1 saturated heterocycles. The Morgan fingerprint density at radius 1 is 1.39 bits per heavy atom. The summed E-state index contributed by atoms with van der Waals surface area (Å²) in [6.07, 6.45) is 3.07. The summed E-state index contributed by atoms with van der Waals surface area (Å²) in [5.74, 6) is 0.267. The minimum Gasteiger partial charge on any atom is -0.489 e. The largest absolute Gasteiger partial charge is 0.489 e. The fourth-order valence-electron chi connectivity index (χ4n) is 2.20. The quantitative estimate of drug-likeness (QED) is 0.749. The summed E-state index contributed by atoms with van der Waals surface area (Å²) in [4.78, 5) is 0.0178. The highest BCUT2D eigenvalue weighted by Crippen LogP contribution is 2.28. The smallest absolute Gasteiger partial charge is 0.244 e. The van der Waals surface area contributed by atoms with Crippen molar-refractivity contribution in [1.29, 1.82) is 0 Å². The van der Waals surface area contributed by atoms with Crippen molar-refractivity contribution in [1.82, 2.24) is 4.72 Å². The molecule has 132 valence electrons. The van der Waals surface area contributed by atoms with Gasteiger partial charge in [-0.25, -0.2) is 13.1 Å². The van der Waals surface area contributed by atoms with Gasteiger partial charge in [0.25, 0.3) is 0 Å². The molecule has 1 atom stereocenters. The second-order valence-corrected chi connectivity index (χ2v) is 7.25. The molecule has 0 spiro atoms. The van der Waals surface area contributed by atoms with Gasteiger partial charge in [-0.2, -0.15) is 0 Å². The number of nitrogens with one attached hydrogen (secondary N) is 1. The molecule has 1 fully saturated rings. The first-order valence-corrected chi connectivity index (χ1v) is 9.13. The zero-order valence-electron chi connectivity index (χ0n) is 12.7. The van der Waals surface area contributed by atoms with Crippen LogP contribution >= 0.6 is 24.0 Å². The van der Waals surface area contributed by atoms with E-state index in [0.29, 0.717) is 11.6 Å². The minimum absolute atomic E-state index is 0. The first-order chi connectivity index (χ1) is 10.5. The van der Waals surface area contributed by atoms with Crippen LogP contribution in [0.3, 0.4) is 0 Å². The lowest BCUT2D eigenvalue weighted by molar-refractivity contribution is -0.0116. The molecule has 1 aliphatic heterocycles. The summed E-state index contributed by atoms with van der Waals surface area (Å²) in [7, 11) is -3.71. The number of sulfonamides is 1. The molecule has 3 N–H and O–H groups in total. The summed E-state index contributed by atoms with van der Waals surface area (Å²) in [6, 6.07) is 4.53. The van der Waals surface area contributed by atoms with Gasteiger partial charge in [0.15, 0.2) is 0 Å². The van der Waals surface area contributed by atoms with E-state index in [1.807, 2.05) is 0 Å². The van der Waals surface area contributed by atoms with Crippen molar-refractivity contribution >= 4 is 34.0 Å². The van der Waals surface area contributed by atoms with Crippen LogP contribution < -0.4 is 15.2 Å². The Labute approximate surface area is 148 Å². The number of hydrogen-bond donors (Lipinski definition) is 2. The third-order valence-electron chi connectivity index (χ3n) is 3.33. The van der Waals surface area contributed by atoms with Gasteiger partial charge in [-0.1, -0.05) is 11.6 Å². The fourth-order valence-corrected chi connectivity index (χ4v) is 3.66. The lowest BCUT2D eigenvalue weighted by atomic mass is 10.1. The summed E-state index contributed by atoms with van der Waals surface area (Å²) in [6.45, 7) is 1.41. The molecule has 0 bridgehead atoms. The van der Waals surface area contributed by atoms with Gasteiger partial charge in [-0.05, 0) is 37.5 Å². The van der Waals surface area contributed by atoms with Crippen molar-refractivity contribution in [3.05, 3.63) is 23.2 Å². The molecule has 2 rings (SSSR count). The number of ether oxygens (including phenoxy) is 2. The molecule has 0 aromatic heterocycles. The van der Waals surface area contributed by atoms with Gasteiger partial charge in [-0.3, -0.25) is 0 Å². The van der Waals surface area contributed by atoms with E-state index in [-0.39, 0.29) is 42.2 Å².